The van der Waals surface area contributed by atoms with Gasteiger partial charge in [-0.25, -0.2) is 9.98 Å². The van der Waals surface area contributed by atoms with Crippen molar-refractivity contribution in [3.63, 3.8) is 0 Å². The van der Waals surface area contributed by atoms with Crippen LogP contribution in [0.15, 0.2) is 109 Å². The number of hydrogen-bond donors (Lipinski definition) is 2. The van der Waals surface area contributed by atoms with Gasteiger partial charge in [-0.05, 0) is 74.6 Å². The largest absolute Gasteiger partial charge is 0.359 e. The third-order valence-electron chi connectivity index (χ3n) is 6.57. The molecule has 37 heavy (non-hydrogen) atoms. The maximum atomic E-state index is 4.60. The Morgan fingerprint density at radius 3 is 2.62 bits per heavy atom. The monoisotopic (exact) mass is 486 g/mol. The molecule has 0 atom stereocenters. The van der Waals surface area contributed by atoms with Gasteiger partial charge in [-0.3, -0.25) is 9.97 Å². The van der Waals surface area contributed by atoms with E-state index in [-0.39, 0.29) is 0 Å². The number of hydrogen-bond acceptors (Lipinski definition) is 6. The Bertz CT molecular complexity index is 1590. The van der Waals surface area contributed by atoms with Crippen molar-refractivity contribution in [2.75, 3.05) is 5.32 Å². The zero-order chi connectivity index (χ0) is 25.9. The minimum absolute atomic E-state index is 0.567. The first kappa shape index (κ1) is 24.1. The second kappa shape index (κ2) is 10.2. The molecule has 5 rings (SSSR count). The van der Waals surface area contributed by atoms with Gasteiger partial charge in [-0.2, -0.15) is 0 Å². The SMILES string of the molecule is C=C/C(=C\C(=C/C)c1cnc2c(c1)=C(C(=C)Nc1ccnc(-c3ccccn3)c1C)N=2)NC(=C)C1CC1. The van der Waals surface area contributed by atoms with Gasteiger partial charge in [0.2, 0.25) is 0 Å². The molecule has 0 radical (unpaired) electrons. The summed E-state index contributed by atoms with van der Waals surface area (Å²) in [4.78, 5) is 18.1. The quantitative estimate of drug-likeness (QED) is 0.385. The summed E-state index contributed by atoms with van der Waals surface area (Å²) in [5.41, 5.74) is 9.79. The van der Waals surface area contributed by atoms with Gasteiger partial charge in [-0.15, -0.1) is 0 Å². The highest BCUT2D eigenvalue weighted by Crippen LogP contribution is 2.34. The zero-order valence-electron chi connectivity index (χ0n) is 21.3. The number of allylic oxidation sites excluding steroid dienone is 5. The Labute approximate surface area is 217 Å². The standard InChI is InChI=1S/C31H30N6/c1-6-22(16-25(7-2)35-20(4)23-11-12-23)24-17-26-30(37-31(26)34-18-24)21(5)36-27-13-15-33-29(19(27)3)28-10-8-9-14-32-28/h6-10,13-18,23,35H,2,4-5,11-12H2,1,3H3,(H,33,36)/b22-6+,25-16+. The number of fused-ring (bicyclic) bond motifs is 1. The minimum Gasteiger partial charge on any atom is -0.359 e. The molecule has 0 amide bonds. The fourth-order valence-electron chi connectivity index (χ4n) is 4.24. The lowest BCUT2D eigenvalue weighted by atomic mass is 10.0. The van der Waals surface area contributed by atoms with Crippen LogP contribution in [0.4, 0.5) is 5.69 Å². The van der Waals surface area contributed by atoms with Crippen molar-refractivity contribution in [2.24, 2.45) is 10.9 Å². The lowest BCUT2D eigenvalue weighted by Crippen LogP contribution is -2.39. The van der Waals surface area contributed by atoms with Crippen LogP contribution in [0.2, 0.25) is 0 Å². The Hall–Kier alpha value is -4.58. The fraction of sp³-hybridized carbons (Fsp3) is 0.161. The molecule has 0 saturated heterocycles. The van der Waals surface area contributed by atoms with Crippen molar-refractivity contribution in [3.05, 3.63) is 126 Å². The molecule has 1 fully saturated rings. The molecule has 0 unspecified atom stereocenters. The molecule has 0 spiro atoms. The Kier molecular flexibility index (Phi) is 6.64. The molecular formula is C31H30N6. The third kappa shape index (κ3) is 5.05. The molecule has 3 aromatic rings. The lowest BCUT2D eigenvalue weighted by molar-refractivity contribution is 0.865. The molecule has 6 nitrogen and oxygen atoms in total. The maximum Gasteiger partial charge on any atom is 0.162 e. The predicted octanol–water partition coefficient (Wildman–Crippen LogP) is 5.20. The van der Waals surface area contributed by atoms with Crippen molar-refractivity contribution in [3.8, 4) is 11.4 Å². The summed E-state index contributed by atoms with van der Waals surface area (Å²) in [7, 11) is 0. The van der Waals surface area contributed by atoms with Gasteiger partial charge in [0.05, 0.1) is 22.8 Å². The van der Waals surface area contributed by atoms with Crippen LogP contribution in [0, 0.1) is 12.8 Å². The normalized spacial score (nSPS) is 14.7. The predicted molar refractivity (Wildman–Crippen MR) is 150 cm³/mol. The summed E-state index contributed by atoms with van der Waals surface area (Å²) >= 11 is 0. The first-order chi connectivity index (χ1) is 18.0. The average molecular weight is 487 g/mol. The number of nitrogens with one attached hydrogen (secondary N) is 2. The first-order valence-electron chi connectivity index (χ1n) is 12.4. The second-order valence-electron chi connectivity index (χ2n) is 9.18. The number of aromatic nitrogens is 3. The van der Waals surface area contributed by atoms with Crippen LogP contribution in [0.25, 0.3) is 22.7 Å². The van der Waals surface area contributed by atoms with Gasteiger partial charge in [0, 0.05) is 52.0 Å². The van der Waals surface area contributed by atoms with Crippen molar-refractivity contribution in [2.45, 2.75) is 26.7 Å². The van der Waals surface area contributed by atoms with E-state index >= 15 is 0 Å². The van der Waals surface area contributed by atoms with E-state index in [0.29, 0.717) is 17.1 Å². The number of pyridine rings is 3. The summed E-state index contributed by atoms with van der Waals surface area (Å²) in [6.45, 7) is 16.4. The van der Waals surface area contributed by atoms with Crippen LogP contribution < -0.4 is 21.3 Å². The van der Waals surface area contributed by atoms with E-state index in [9.17, 15) is 0 Å². The molecular weight excluding hydrogens is 456 g/mol. The van der Waals surface area contributed by atoms with Crippen molar-refractivity contribution in [1.82, 2.24) is 20.3 Å². The number of anilines is 1. The van der Waals surface area contributed by atoms with Crippen LogP contribution in [0.5, 0.6) is 0 Å². The second-order valence-corrected chi connectivity index (χ2v) is 9.18. The van der Waals surface area contributed by atoms with Crippen LogP contribution in [-0.2, 0) is 0 Å². The molecule has 0 bridgehead atoms. The zero-order valence-corrected chi connectivity index (χ0v) is 21.3. The van der Waals surface area contributed by atoms with Crippen molar-refractivity contribution >= 4 is 17.0 Å². The molecule has 4 heterocycles. The molecule has 1 aliphatic heterocycles. The van der Waals surface area contributed by atoms with Gasteiger partial charge < -0.3 is 10.6 Å². The lowest BCUT2D eigenvalue weighted by Gasteiger charge is -2.17. The van der Waals surface area contributed by atoms with E-state index < -0.39 is 0 Å². The summed E-state index contributed by atoms with van der Waals surface area (Å²) in [6, 6.07) is 9.85. The number of nitrogens with zero attached hydrogens (tertiary/aromatic N) is 4. The molecule has 0 aromatic carbocycles. The fourth-order valence-corrected chi connectivity index (χ4v) is 4.24. The first-order valence-corrected chi connectivity index (χ1v) is 12.4. The summed E-state index contributed by atoms with van der Waals surface area (Å²) < 4.78 is 0. The Morgan fingerprint density at radius 2 is 1.92 bits per heavy atom. The number of rotatable bonds is 10. The molecule has 184 valence electrons. The van der Waals surface area contributed by atoms with E-state index in [2.05, 4.69) is 68.5 Å². The van der Waals surface area contributed by atoms with E-state index in [1.807, 2.05) is 50.4 Å². The van der Waals surface area contributed by atoms with E-state index in [4.69, 9.17) is 0 Å². The minimum atomic E-state index is 0.567. The molecule has 2 aliphatic rings. The van der Waals surface area contributed by atoms with Crippen molar-refractivity contribution in [1.29, 1.82) is 0 Å². The average Bonchev–Trinajstić information content (AvgIpc) is 3.75. The summed E-state index contributed by atoms with van der Waals surface area (Å²) in [5.74, 6) is 0.567. The molecule has 6 heteroatoms. The molecule has 1 aliphatic carbocycles. The van der Waals surface area contributed by atoms with Crippen LogP contribution in [-0.4, -0.2) is 15.0 Å². The summed E-state index contributed by atoms with van der Waals surface area (Å²) in [5, 5.41) is 7.80. The molecule has 3 aromatic heterocycles. The van der Waals surface area contributed by atoms with Crippen molar-refractivity contribution < 1.29 is 0 Å². The molecule has 2 N–H and O–H groups in total. The highest BCUT2D eigenvalue weighted by molar-refractivity contribution is 5.78. The Morgan fingerprint density at radius 1 is 1.08 bits per heavy atom. The van der Waals surface area contributed by atoms with E-state index in [1.165, 1.54) is 12.8 Å². The van der Waals surface area contributed by atoms with Gasteiger partial charge in [0.15, 0.2) is 5.49 Å². The van der Waals surface area contributed by atoms with Crippen LogP contribution >= 0.6 is 0 Å². The van der Waals surface area contributed by atoms with Gasteiger partial charge in [-0.1, -0.05) is 31.9 Å². The third-order valence-corrected chi connectivity index (χ3v) is 6.57. The van der Waals surface area contributed by atoms with Gasteiger partial charge in [0.25, 0.3) is 0 Å². The van der Waals surface area contributed by atoms with Gasteiger partial charge in [0.1, 0.15) is 0 Å². The highest BCUT2D eigenvalue weighted by atomic mass is 15.0. The van der Waals surface area contributed by atoms with Crippen LogP contribution in [0.3, 0.4) is 0 Å². The Balaban J connectivity index is 1.40. The topological polar surface area (TPSA) is 75.1 Å². The van der Waals surface area contributed by atoms with E-state index in [0.717, 1.165) is 56.1 Å². The van der Waals surface area contributed by atoms with Crippen LogP contribution in [0.1, 0.15) is 30.9 Å². The van der Waals surface area contributed by atoms with Gasteiger partial charge >= 0.3 is 0 Å². The highest BCUT2D eigenvalue weighted by Gasteiger charge is 2.24. The van der Waals surface area contributed by atoms with E-state index in [1.54, 1.807) is 12.4 Å². The smallest absolute Gasteiger partial charge is 0.162 e. The molecule has 1 saturated carbocycles. The maximum absolute atomic E-state index is 4.60. The summed E-state index contributed by atoms with van der Waals surface area (Å²) in [6.07, 6.45) is 13.8.